The Morgan fingerprint density at radius 1 is 1.19 bits per heavy atom. The van der Waals surface area contributed by atoms with Gasteiger partial charge in [0.05, 0.1) is 5.69 Å². The minimum Gasteiger partial charge on any atom is -0.377 e. The van der Waals surface area contributed by atoms with E-state index in [2.05, 4.69) is 40.7 Å². The Balaban J connectivity index is 1.63. The van der Waals surface area contributed by atoms with Crippen LogP contribution in [0, 0.1) is 5.92 Å². The van der Waals surface area contributed by atoms with Crippen LogP contribution in [0.4, 0.5) is 5.82 Å². The van der Waals surface area contributed by atoms with Crippen molar-refractivity contribution in [1.82, 2.24) is 19.7 Å². The number of ether oxygens (including phenoxy) is 1. The predicted octanol–water partition coefficient (Wildman–Crippen LogP) is 2.39. The van der Waals surface area contributed by atoms with Crippen LogP contribution in [-0.2, 0) is 23.3 Å². The average molecular weight is 371 g/mol. The number of piperidine rings is 1. The van der Waals surface area contributed by atoms with Crippen LogP contribution >= 0.6 is 0 Å². The van der Waals surface area contributed by atoms with Crippen molar-refractivity contribution in [2.45, 2.75) is 52.2 Å². The Morgan fingerprint density at radius 2 is 1.93 bits per heavy atom. The molecule has 146 valence electrons. The van der Waals surface area contributed by atoms with Gasteiger partial charge in [-0.3, -0.25) is 4.79 Å². The summed E-state index contributed by atoms with van der Waals surface area (Å²) in [4.78, 5) is 23.3. The maximum atomic E-state index is 12.2. The fourth-order valence-electron chi connectivity index (χ4n) is 3.33. The smallest absolute Gasteiger partial charge is 0.266 e. The molecule has 1 aliphatic heterocycles. The summed E-state index contributed by atoms with van der Waals surface area (Å²) in [6.45, 7) is 9.27. The summed E-state index contributed by atoms with van der Waals surface area (Å²) in [6, 6.07) is 5.42. The number of rotatable bonds is 5. The molecule has 2 aromatic heterocycles. The highest BCUT2D eigenvalue weighted by Crippen LogP contribution is 2.23. The van der Waals surface area contributed by atoms with E-state index in [0.717, 1.165) is 37.4 Å². The highest BCUT2D eigenvalue weighted by atomic mass is 16.5. The van der Waals surface area contributed by atoms with Gasteiger partial charge in [-0.25, -0.2) is 14.6 Å². The van der Waals surface area contributed by atoms with Crippen LogP contribution in [0.1, 0.15) is 45.1 Å². The van der Waals surface area contributed by atoms with Gasteiger partial charge in [0, 0.05) is 44.4 Å². The standard InChI is InChI=1S/C20H29N5O2/c1-20(2,3)16-5-6-19(26)25(23-16)13-15-8-11-24(12-9-15)18-7-10-21-17(22-18)14-27-4/h5-7,10,15H,8-9,11-14H2,1-4H3. The third kappa shape index (κ3) is 4.91. The molecule has 0 aliphatic carbocycles. The van der Waals surface area contributed by atoms with Crippen molar-refractivity contribution in [1.29, 1.82) is 0 Å². The first-order valence-corrected chi connectivity index (χ1v) is 9.51. The number of hydrogen-bond donors (Lipinski definition) is 0. The second kappa shape index (κ2) is 8.17. The van der Waals surface area contributed by atoms with Crippen molar-refractivity contribution in [3.8, 4) is 0 Å². The summed E-state index contributed by atoms with van der Waals surface area (Å²) in [6.07, 6.45) is 3.80. The Morgan fingerprint density at radius 3 is 2.59 bits per heavy atom. The monoisotopic (exact) mass is 371 g/mol. The minimum atomic E-state index is -0.0638. The molecule has 3 rings (SSSR count). The highest BCUT2D eigenvalue weighted by molar-refractivity contribution is 5.37. The molecule has 0 spiro atoms. The molecule has 7 heteroatoms. The van der Waals surface area contributed by atoms with E-state index in [-0.39, 0.29) is 11.0 Å². The first-order chi connectivity index (χ1) is 12.9. The molecule has 0 N–H and O–H groups in total. The van der Waals surface area contributed by atoms with Gasteiger partial charge in [0.25, 0.3) is 5.56 Å². The fraction of sp³-hybridized carbons (Fsp3) is 0.600. The van der Waals surface area contributed by atoms with Crippen LogP contribution in [0.5, 0.6) is 0 Å². The Labute approximate surface area is 160 Å². The summed E-state index contributed by atoms with van der Waals surface area (Å²) >= 11 is 0. The minimum absolute atomic E-state index is 0.0227. The summed E-state index contributed by atoms with van der Waals surface area (Å²) in [7, 11) is 1.64. The molecule has 0 aromatic carbocycles. The van der Waals surface area contributed by atoms with Gasteiger partial charge in [-0.05, 0) is 30.9 Å². The summed E-state index contributed by atoms with van der Waals surface area (Å²) in [5.41, 5.74) is 0.864. The molecule has 0 atom stereocenters. The van der Waals surface area contributed by atoms with Crippen molar-refractivity contribution in [3.05, 3.63) is 46.3 Å². The first-order valence-electron chi connectivity index (χ1n) is 9.51. The van der Waals surface area contributed by atoms with E-state index in [4.69, 9.17) is 4.74 Å². The van der Waals surface area contributed by atoms with Crippen LogP contribution in [0.2, 0.25) is 0 Å². The molecular formula is C20H29N5O2. The largest absolute Gasteiger partial charge is 0.377 e. The van der Waals surface area contributed by atoms with Gasteiger partial charge in [-0.1, -0.05) is 20.8 Å². The number of methoxy groups -OCH3 is 1. The molecule has 0 radical (unpaired) electrons. The van der Waals surface area contributed by atoms with Gasteiger partial charge in [-0.15, -0.1) is 0 Å². The fourth-order valence-corrected chi connectivity index (χ4v) is 3.33. The summed E-state index contributed by atoms with van der Waals surface area (Å²) in [5, 5.41) is 4.60. The molecule has 0 unspecified atom stereocenters. The quantitative estimate of drug-likeness (QED) is 0.804. The maximum absolute atomic E-state index is 12.2. The van der Waals surface area contributed by atoms with Crippen molar-refractivity contribution < 1.29 is 4.74 Å². The molecule has 27 heavy (non-hydrogen) atoms. The molecule has 7 nitrogen and oxygen atoms in total. The molecule has 0 bridgehead atoms. The Hall–Kier alpha value is -2.28. The summed E-state index contributed by atoms with van der Waals surface area (Å²) in [5.74, 6) is 2.09. The zero-order valence-electron chi connectivity index (χ0n) is 16.7. The Bertz CT molecular complexity index is 820. The molecule has 0 amide bonds. The molecule has 0 saturated carbocycles. The van der Waals surface area contributed by atoms with Crippen molar-refractivity contribution in [2.24, 2.45) is 5.92 Å². The lowest BCUT2D eigenvalue weighted by Gasteiger charge is -2.33. The van der Waals surface area contributed by atoms with Gasteiger partial charge >= 0.3 is 0 Å². The molecule has 1 saturated heterocycles. The number of anilines is 1. The van der Waals surface area contributed by atoms with Crippen molar-refractivity contribution in [3.63, 3.8) is 0 Å². The third-order valence-corrected chi connectivity index (χ3v) is 4.97. The van der Waals surface area contributed by atoms with E-state index in [1.54, 1.807) is 24.1 Å². The molecule has 1 fully saturated rings. The van der Waals surface area contributed by atoms with E-state index in [1.165, 1.54) is 0 Å². The van der Waals surface area contributed by atoms with Crippen LogP contribution in [0.15, 0.2) is 29.2 Å². The lowest BCUT2D eigenvalue weighted by atomic mass is 9.92. The van der Waals surface area contributed by atoms with E-state index in [0.29, 0.717) is 24.9 Å². The zero-order valence-corrected chi connectivity index (χ0v) is 16.7. The SMILES string of the molecule is COCc1nccc(N2CCC(Cn3nc(C(C)(C)C)ccc3=O)CC2)n1. The normalized spacial score (nSPS) is 15.9. The van der Waals surface area contributed by atoms with Crippen molar-refractivity contribution in [2.75, 3.05) is 25.1 Å². The van der Waals surface area contributed by atoms with E-state index in [9.17, 15) is 4.79 Å². The second-order valence-electron chi connectivity index (χ2n) is 8.18. The van der Waals surface area contributed by atoms with Crippen LogP contribution in [-0.4, -0.2) is 39.9 Å². The van der Waals surface area contributed by atoms with Gasteiger partial charge in [-0.2, -0.15) is 5.10 Å². The van der Waals surface area contributed by atoms with Gasteiger partial charge in [0.15, 0.2) is 5.82 Å². The van der Waals surface area contributed by atoms with E-state index < -0.39 is 0 Å². The highest BCUT2D eigenvalue weighted by Gasteiger charge is 2.23. The van der Waals surface area contributed by atoms with Gasteiger partial charge in [0.1, 0.15) is 12.4 Å². The number of nitrogens with zero attached hydrogens (tertiary/aromatic N) is 5. The van der Waals surface area contributed by atoms with Crippen LogP contribution < -0.4 is 10.5 Å². The molecule has 3 heterocycles. The zero-order chi connectivity index (χ0) is 19.4. The third-order valence-electron chi connectivity index (χ3n) is 4.97. The number of hydrogen-bond acceptors (Lipinski definition) is 6. The first kappa shape index (κ1) is 19.5. The van der Waals surface area contributed by atoms with E-state index in [1.807, 2.05) is 12.1 Å². The molecule has 1 aliphatic rings. The van der Waals surface area contributed by atoms with Crippen LogP contribution in [0.3, 0.4) is 0 Å². The lowest BCUT2D eigenvalue weighted by Crippen LogP contribution is -2.37. The topological polar surface area (TPSA) is 73.1 Å². The van der Waals surface area contributed by atoms with Crippen molar-refractivity contribution >= 4 is 5.82 Å². The number of aromatic nitrogens is 4. The molecule has 2 aromatic rings. The second-order valence-corrected chi connectivity index (χ2v) is 8.18. The van der Waals surface area contributed by atoms with Crippen LogP contribution in [0.25, 0.3) is 0 Å². The van der Waals surface area contributed by atoms with Gasteiger partial charge in [0.2, 0.25) is 0 Å². The van der Waals surface area contributed by atoms with E-state index >= 15 is 0 Å². The van der Waals surface area contributed by atoms with Gasteiger partial charge < -0.3 is 9.64 Å². The maximum Gasteiger partial charge on any atom is 0.266 e. The summed E-state index contributed by atoms with van der Waals surface area (Å²) < 4.78 is 6.76. The average Bonchev–Trinajstić information content (AvgIpc) is 2.64. The lowest BCUT2D eigenvalue weighted by molar-refractivity contribution is 0.177. The Kier molecular flexibility index (Phi) is 5.89. The molecular weight excluding hydrogens is 342 g/mol. The predicted molar refractivity (Wildman–Crippen MR) is 105 cm³/mol.